The molecule has 0 spiro atoms. The van der Waals surface area contributed by atoms with Crippen molar-refractivity contribution in [3.05, 3.63) is 29.3 Å². The average Bonchev–Trinajstić information content (AvgIpc) is 2.96. The Morgan fingerprint density at radius 2 is 1.88 bits per heavy atom. The Morgan fingerprint density at radius 1 is 1.25 bits per heavy atom. The molecule has 1 aliphatic rings. The molecule has 0 aliphatic heterocycles. The SMILES string of the molecule is Cc1cc(C)cc(NC(=O)NCC2CC2)c1. The molecule has 0 aromatic heterocycles. The maximum absolute atomic E-state index is 11.5. The van der Waals surface area contributed by atoms with Crippen molar-refractivity contribution >= 4 is 11.7 Å². The first-order valence-corrected chi connectivity index (χ1v) is 5.76. The van der Waals surface area contributed by atoms with E-state index in [-0.39, 0.29) is 6.03 Å². The first-order chi connectivity index (χ1) is 7.63. The van der Waals surface area contributed by atoms with Crippen LogP contribution in [0.4, 0.5) is 10.5 Å². The van der Waals surface area contributed by atoms with E-state index in [0.29, 0.717) is 5.92 Å². The molecule has 0 heterocycles. The Labute approximate surface area is 96.2 Å². The maximum atomic E-state index is 11.5. The van der Waals surface area contributed by atoms with Crippen LogP contribution in [0.1, 0.15) is 24.0 Å². The van der Waals surface area contributed by atoms with Crippen molar-refractivity contribution in [2.45, 2.75) is 26.7 Å². The van der Waals surface area contributed by atoms with Crippen LogP contribution in [-0.4, -0.2) is 12.6 Å². The molecule has 0 radical (unpaired) electrons. The van der Waals surface area contributed by atoms with E-state index in [9.17, 15) is 4.79 Å². The molecule has 1 saturated carbocycles. The van der Waals surface area contributed by atoms with E-state index in [1.807, 2.05) is 26.0 Å². The van der Waals surface area contributed by atoms with E-state index in [0.717, 1.165) is 23.4 Å². The third-order valence-electron chi connectivity index (χ3n) is 2.73. The lowest BCUT2D eigenvalue weighted by Crippen LogP contribution is -2.30. The second kappa shape index (κ2) is 4.56. The quantitative estimate of drug-likeness (QED) is 0.804. The molecule has 0 saturated heterocycles. The normalized spacial score (nSPS) is 14.6. The van der Waals surface area contributed by atoms with Crippen molar-refractivity contribution in [2.24, 2.45) is 5.92 Å². The molecule has 1 aliphatic carbocycles. The first kappa shape index (κ1) is 11.0. The zero-order chi connectivity index (χ0) is 11.5. The van der Waals surface area contributed by atoms with Crippen LogP contribution in [0.15, 0.2) is 18.2 Å². The van der Waals surface area contributed by atoms with Gasteiger partial charge in [-0.1, -0.05) is 6.07 Å². The monoisotopic (exact) mass is 218 g/mol. The second-order valence-electron chi connectivity index (χ2n) is 4.65. The zero-order valence-corrected chi connectivity index (χ0v) is 9.84. The van der Waals surface area contributed by atoms with E-state index in [2.05, 4.69) is 16.7 Å². The summed E-state index contributed by atoms with van der Waals surface area (Å²) in [6, 6.07) is 5.94. The van der Waals surface area contributed by atoms with Gasteiger partial charge in [-0.25, -0.2) is 4.79 Å². The summed E-state index contributed by atoms with van der Waals surface area (Å²) >= 11 is 0. The van der Waals surface area contributed by atoms with Crippen LogP contribution in [0.25, 0.3) is 0 Å². The number of carbonyl (C=O) groups is 1. The Morgan fingerprint density at radius 3 is 2.44 bits per heavy atom. The standard InChI is InChI=1S/C13H18N2O/c1-9-5-10(2)7-12(6-9)15-13(16)14-8-11-3-4-11/h5-7,11H,3-4,8H2,1-2H3,(H2,14,15,16). The van der Waals surface area contributed by atoms with Crippen molar-refractivity contribution < 1.29 is 4.79 Å². The highest BCUT2D eigenvalue weighted by Crippen LogP contribution is 2.27. The molecule has 2 rings (SSSR count). The molecule has 0 unspecified atom stereocenters. The van der Waals surface area contributed by atoms with E-state index in [1.165, 1.54) is 12.8 Å². The summed E-state index contributed by atoms with van der Waals surface area (Å²) in [5.41, 5.74) is 3.20. The summed E-state index contributed by atoms with van der Waals surface area (Å²) in [5.74, 6) is 0.713. The molecule has 16 heavy (non-hydrogen) atoms. The highest BCUT2D eigenvalue weighted by molar-refractivity contribution is 5.89. The van der Waals surface area contributed by atoms with Crippen LogP contribution in [0.2, 0.25) is 0 Å². The number of hydrogen-bond acceptors (Lipinski definition) is 1. The Bertz CT molecular complexity index is 377. The molecule has 2 amide bonds. The number of anilines is 1. The van der Waals surface area contributed by atoms with E-state index < -0.39 is 0 Å². The van der Waals surface area contributed by atoms with E-state index in [4.69, 9.17) is 0 Å². The average molecular weight is 218 g/mol. The van der Waals surface area contributed by atoms with Crippen LogP contribution in [-0.2, 0) is 0 Å². The van der Waals surface area contributed by atoms with Crippen LogP contribution in [0.3, 0.4) is 0 Å². The Hall–Kier alpha value is -1.51. The smallest absolute Gasteiger partial charge is 0.319 e. The molecule has 1 aromatic rings. The summed E-state index contributed by atoms with van der Waals surface area (Å²) in [5, 5.41) is 5.74. The molecule has 0 bridgehead atoms. The third kappa shape index (κ3) is 3.26. The number of benzene rings is 1. The minimum atomic E-state index is -0.100. The zero-order valence-electron chi connectivity index (χ0n) is 9.84. The number of carbonyl (C=O) groups excluding carboxylic acids is 1. The summed E-state index contributed by atoms with van der Waals surface area (Å²) in [7, 11) is 0. The lowest BCUT2D eigenvalue weighted by molar-refractivity contribution is 0.251. The van der Waals surface area contributed by atoms with E-state index >= 15 is 0 Å². The van der Waals surface area contributed by atoms with Crippen LogP contribution < -0.4 is 10.6 Å². The fourth-order valence-corrected chi connectivity index (χ4v) is 1.78. The van der Waals surface area contributed by atoms with Gasteiger partial charge in [-0.05, 0) is 55.9 Å². The van der Waals surface area contributed by atoms with Crippen molar-refractivity contribution in [2.75, 3.05) is 11.9 Å². The molecule has 3 heteroatoms. The Balaban J connectivity index is 1.88. The summed E-state index contributed by atoms with van der Waals surface area (Å²) in [6.45, 7) is 4.86. The maximum Gasteiger partial charge on any atom is 0.319 e. The molecule has 3 nitrogen and oxygen atoms in total. The van der Waals surface area contributed by atoms with E-state index in [1.54, 1.807) is 0 Å². The summed E-state index contributed by atoms with van der Waals surface area (Å²) in [6.07, 6.45) is 2.51. The van der Waals surface area contributed by atoms with Crippen molar-refractivity contribution in [1.82, 2.24) is 5.32 Å². The topological polar surface area (TPSA) is 41.1 Å². The molecule has 86 valence electrons. The largest absolute Gasteiger partial charge is 0.338 e. The number of nitrogens with one attached hydrogen (secondary N) is 2. The fraction of sp³-hybridized carbons (Fsp3) is 0.462. The van der Waals surface area contributed by atoms with Gasteiger partial charge < -0.3 is 10.6 Å². The van der Waals surface area contributed by atoms with Gasteiger partial charge in [0.1, 0.15) is 0 Å². The van der Waals surface area contributed by atoms with Gasteiger partial charge in [0.05, 0.1) is 0 Å². The lowest BCUT2D eigenvalue weighted by atomic mass is 10.1. The van der Waals surface area contributed by atoms with Gasteiger partial charge in [0.25, 0.3) is 0 Å². The highest BCUT2D eigenvalue weighted by atomic mass is 16.2. The first-order valence-electron chi connectivity index (χ1n) is 5.76. The van der Waals surface area contributed by atoms with Gasteiger partial charge in [0.2, 0.25) is 0 Å². The van der Waals surface area contributed by atoms with Crippen LogP contribution in [0.5, 0.6) is 0 Å². The number of urea groups is 1. The third-order valence-corrected chi connectivity index (χ3v) is 2.73. The minimum absolute atomic E-state index is 0.100. The van der Waals surface area contributed by atoms with Gasteiger partial charge in [-0.3, -0.25) is 0 Å². The number of aryl methyl sites for hydroxylation is 2. The molecule has 1 aromatic carbocycles. The molecule has 1 fully saturated rings. The molecule has 2 N–H and O–H groups in total. The predicted octanol–water partition coefficient (Wildman–Crippen LogP) is 2.83. The van der Waals surface area contributed by atoms with Gasteiger partial charge in [0.15, 0.2) is 0 Å². The molecule has 0 atom stereocenters. The highest BCUT2D eigenvalue weighted by Gasteiger charge is 2.21. The van der Waals surface area contributed by atoms with Crippen molar-refractivity contribution in [3.8, 4) is 0 Å². The van der Waals surface area contributed by atoms with Gasteiger partial charge >= 0.3 is 6.03 Å². The van der Waals surface area contributed by atoms with Gasteiger partial charge in [-0.2, -0.15) is 0 Å². The van der Waals surface area contributed by atoms with Crippen molar-refractivity contribution in [1.29, 1.82) is 0 Å². The number of amides is 2. The number of hydrogen-bond donors (Lipinski definition) is 2. The van der Waals surface area contributed by atoms with Crippen molar-refractivity contribution in [3.63, 3.8) is 0 Å². The minimum Gasteiger partial charge on any atom is -0.338 e. The lowest BCUT2D eigenvalue weighted by Gasteiger charge is -2.08. The predicted molar refractivity (Wildman–Crippen MR) is 65.7 cm³/mol. The van der Waals surface area contributed by atoms with Gasteiger partial charge in [-0.15, -0.1) is 0 Å². The number of rotatable bonds is 3. The van der Waals surface area contributed by atoms with Gasteiger partial charge in [0, 0.05) is 12.2 Å². The van der Waals surface area contributed by atoms with Crippen LogP contribution >= 0.6 is 0 Å². The second-order valence-corrected chi connectivity index (χ2v) is 4.65. The Kier molecular flexibility index (Phi) is 3.13. The molecular formula is C13H18N2O. The molecular weight excluding hydrogens is 200 g/mol. The summed E-state index contributed by atoms with van der Waals surface area (Å²) in [4.78, 5) is 11.5. The van der Waals surface area contributed by atoms with Crippen LogP contribution in [0, 0.1) is 19.8 Å². The fourth-order valence-electron chi connectivity index (χ4n) is 1.78. The summed E-state index contributed by atoms with van der Waals surface area (Å²) < 4.78 is 0.